The predicted octanol–water partition coefficient (Wildman–Crippen LogP) is 5.74. The van der Waals surface area contributed by atoms with Gasteiger partial charge in [-0.15, -0.1) is 0 Å². The molecule has 4 aliphatic rings. The summed E-state index contributed by atoms with van der Waals surface area (Å²) in [4.78, 5) is 1.99. The summed E-state index contributed by atoms with van der Waals surface area (Å²) in [7, 11) is 0. The van der Waals surface area contributed by atoms with E-state index in [1.165, 1.54) is 57.8 Å². The van der Waals surface area contributed by atoms with Crippen LogP contribution in [-0.4, -0.2) is 15.0 Å². The Hall–Kier alpha value is -0.860. The minimum Gasteiger partial charge on any atom is -0.182 e. The van der Waals surface area contributed by atoms with Crippen LogP contribution in [0.25, 0.3) is 0 Å². The summed E-state index contributed by atoms with van der Waals surface area (Å²) in [5, 5.41) is 8.96. The van der Waals surface area contributed by atoms with Crippen molar-refractivity contribution >= 4 is 0 Å². The maximum absolute atomic E-state index is 4.48. The van der Waals surface area contributed by atoms with Crippen LogP contribution < -0.4 is 0 Å². The summed E-state index contributed by atoms with van der Waals surface area (Å²) < 4.78 is 0. The molecule has 1 aromatic heterocycles. The molecule has 0 N–H and O–H groups in total. The van der Waals surface area contributed by atoms with Gasteiger partial charge in [0.2, 0.25) is 0 Å². The van der Waals surface area contributed by atoms with Crippen LogP contribution in [0, 0.1) is 46.8 Å². The van der Waals surface area contributed by atoms with E-state index in [9.17, 15) is 0 Å². The standard InChI is InChI=1S/C23H37N3/c1-15-4-6-18-17(14-15)5-7-20-19(18)10-11-23(3)21(8-9-22(20)23)16(2)26-24-12-13-25-26/h12-13,15-22H,4-11,14H2,1-3H3/t15-,16+,17+,18-,19?,20+,21?,22?,23+/m0/s1. The molecule has 4 saturated carbocycles. The SMILES string of the molecule is C[C@H]1CC[C@@H]2C3CC[C@@]4(C)C(CCC4[C@@H](C)n4nccn4)[C@@H]3CC[C@@H]2C1. The van der Waals surface area contributed by atoms with Gasteiger partial charge < -0.3 is 0 Å². The Bertz CT molecular complexity index is 625. The molecule has 0 bridgehead atoms. The second-order valence-corrected chi connectivity index (χ2v) is 10.7. The number of nitrogens with zero attached hydrogens (tertiary/aromatic N) is 3. The molecule has 0 aromatic carbocycles. The van der Waals surface area contributed by atoms with E-state index in [-0.39, 0.29) is 0 Å². The fraction of sp³-hybridized carbons (Fsp3) is 0.913. The first-order chi connectivity index (χ1) is 12.6. The average Bonchev–Trinajstić information content (AvgIpc) is 3.28. The van der Waals surface area contributed by atoms with Crippen LogP contribution in [0.5, 0.6) is 0 Å². The third kappa shape index (κ3) is 2.52. The van der Waals surface area contributed by atoms with Gasteiger partial charge in [-0.05, 0) is 105 Å². The van der Waals surface area contributed by atoms with E-state index < -0.39 is 0 Å². The first-order valence-corrected chi connectivity index (χ1v) is 11.4. The van der Waals surface area contributed by atoms with Crippen LogP contribution in [0.2, 0.25) is 0 Å². The van der Waals surface area contributed by atoms with Gasteiger partial charge in [-0.1, -0.05) is 20.3 Å². The molecule has 1 aromatic rings. The lowest BCUT2D eigenvalue weighted by Gasteiger charge is -2.56. The molecule has 3 heteroatoms. The summed E-state index contributed by atoms with van der Waals surface area (Å²) in [6.45, 7) is 7.50. The Morgan fingerprint density at radius 3 is 2.50 bits per heavy atom. The summed E-state index contributed by atoms with van der Waals surface area (Å²) in [6.07, 6.45) is 17.1. The summed E-state index contributed by atoms with van der Waals surface area (Å²) >= 11 is 0. The molecule has 3 nitrogen and oxygen atoms in total. The number of rotatable bonds is 2. The Balaban J connectivity index is 1.37. The van der Waals surface area contributed by atoms with Gasteiger partial charge >= 0.3 is 0 Å². The van der Waals surface area contributed by atoms with Crippen LogP contribution in [0.3, 0.4) is 0 Å². The molecule has 0 saturated heterocycles. The van der Waals surface area contributed by atoms with Gasteiger partial charge in [0.25, 0.3) is 0 Å². The summed E-state index contributed by atoms with van der Waals surface area (Å²) in [6, 6.07) is 0.448. The van der Waals surface area contributed by atoms with Gasteiger partial charge in [0.1, 0.15) is 0 Å². The maximum atomic E-state index is 4.48. The second kappa shape index (κ2) is 6.34. The van der Waals surface area contributed by atoms with E-state index in [0.29, 0.717) is 11.5 Å². The van der Waals surface area contributed by atoms with Gasteiger partial charge in [-0.3, -0.25) is 0 Å². The number of aromatic nitrogens is 3. The molecule has 0 amide bonds. The van der Waals surface area contributed by atoms with Crippen molar-refractivity contribution in [1.29, 1.82) is 0 Å². The van der Waals surface area contributed by atoms with E-state index in [1.807, 2.05) is 17.2 Å². The number of fused-ring (bicyclic) bond motifs is 5. The second-order valence-electron chi connectivity index (χ2n) is 10.7. The maximum Gasteiger partial charge on any atom is 0.0721 e. The Morgan fingerprint density at radius 1 is 0.923 bits per heavy atom. The lowest BCUT2D eigenvalue weighted by atomic mass is 9.49. The molecule has 26 heavy (non-hydrogen) atoms. The summed E-state index contributed by atoms with van der Waals surface area (Å²) in [5.41, 5.74) is 0.517. The van der Waals surface area contributed by atoms with Crippen molar-refractivity contribution < 1.29 is 0 Å². The summed E-state index contributed by atoms with van der Waals surface area (Å²) in [5.74, 6) is 6.91. The molecular weight excluding hydrogens is 318 g/mol. The van der Waals surface area contributed by atoms with Crippen molar-refractivity contribution in [3.05, 3.63) is 12.4 Å². The monoisotopic (exact) mass is 355 g/mol. The normalized spacial score (nSPS) is 49.1. The fourth-order valence-electron chi connectivity index (χ4n) is 8.52. The molecule has 0 radical (unpaired) electrons. The zero-order chi connectivity index (χ0) is 17.9. The van der Waals surface area contributed by atoms with Crippen molar-refractivity contribution in [3.8, 4) is 0 Å². The number of hydrogen-bond acceptors (Lipinski definition) is 2. The molecule has 3 unspecified atom stereocenters. The molecule has 9 atom stereocenters. The molecule has 4 fully saturated rings. The lowest BCUT2D eigenvalue weighted by Crippen LogP contribution is -2.49. The molecule has 0 spiro atoms. The smallest absolute Gasteiger partial charge is 0.0721 e. The van der Waals surface area contributed by atoms with Crippen LogP contribution in [0.4, 0.5) is 0 Å². The van der Waals surface area contributed by atoms with Crippen LogP contribution in [-0.2, 0) is 0 Å². The number of hydrogen-bond donors (Lipinski definition) is 0. The Labute approximate surface area is 159 Å². The van der Waals surface area contributed by atoms with Crippen LogP contribution in [0.1, 0.15) is 84.6 Å². The first-order valence-electron chi connectivity index (χ1n) is 11.4. The van der Waals surface area contributed by atoms with Gasteiger partial charge in [0.15, 0.2) is 0 Å². The molecule has 1 heterocycles. The van der Waals surface area contributed by atoms with E-state index in [4.69, 9.17) is 0 Å². The van der Waals surface area contributed by atoms with Crippen molar-refractivity contribution in [2.24, 2.45) is 46.8 Å². The van der Waals surface area contributed by atoms with Crippen molar-refractivity contribution in [3.63, 3.8) is 0 Å². The molecule has 5 rings (SSSR count). The van der Waals surface area contributed by atoms with Crippen molar-refractivity contribution in [2.75, 3.05) is 0 Å². The van der Waals surface area contributed by atoms with E-state index >= 15 is 0 Å². The fourth-order valence-corrected chi connectivity index (χ4v) is 8.52. The van der Waals surface area contributed by atoms with Crippen LogP contribution >= 0.6 is 0 Å². The highest BCUT2D eigenvalue weighted by Gasteiger charge is 2.58. The average molecular weight is 356 g/mol. The largest absolute Gasteiger partial charge is 0.182 e. The molecular formula is C23H37N3. The van der Waals surface area contributed by atoms with Crippen LogP contribution in [0.15, 0.2) is 12.4 Å². The minimum absolute atomic E-state index is 0.448. The molecule has 4 aliphatic carbocycles. The molecule has 144 valence electrons. The quantitative estimate of drug-likeness (QED) is 0.677. The van der Waals surface area contributed by atoms with E-state index in [2.05, 4.69) is 31.0 Å². The highest BCUT2D eigenvalue weighted by Crippen LogP contribution is 2.65. The van der Waals surface area contributed by atoms with Gasteiger partial charge in [0.05, 0.1) is 18.4 Å². The third-order valence-corrected chi connectivity index (χ3v) is 9.67. The Kier molecular flexibility index (Phi) is 4.21. The van der Waals surface area contributed by atoms with Gasteiger partial charge in [-0.2, -0.15) is 15.0 Å². The van der Waals surface area contributed by atoms with Gasteiger partial charge in [0, 0.05) is 0 Å². The zero-order valence-electron chi connectivity index (χ0n) is 17.0. The topological polar surface area (TPSA) is 30.7 Å². The van der Waals surface area contributed by atoms with E-state index in [0.717, 1.165) is 41.4 Å². The predicted molar refractivity (Wildman–Crippen MR) is 104 cm³/mol. The zero-order valence-corrected chi connectivity index (χ0v) is 17.0. The van der Waals surface area contributed by atoms with Crippen molar-refractivity contribution in [1.82, 2.24) is 15.0 Å². The highest BCUT2D eigenvalue weighted by atomic mass is 15.5. The third-order valence-electron chi connectivity index (χ3n) is 9.67. The Morgan fingerprint density at radius 2 is 1.69 bits per heavy atom. The van der Waals surface area contributed by atoms with E-state index in [1.54, 1.807) is 0 Å². The first kappa shape index (κ1) is 17.3. The highest BCUT2D eigenvalue weighted by molar-refractivity contribution is 5.07. The minimum atomic E-state index is 0.448. The molecule has 0 aliphatic heterocycles. The van der Waals surface area contributed by atoms with Gasteiger partial charge in [-0.25, -0.2) is 0 Å². The lowest BCUT2D eigenvalue weighted by molar-refractivity contribution is -0.0730. The van der Waals surface area contributed by atoms with Crippen molar-refractivity contribution in [2.45, 2.75) is 84.6 Å².